The van der Waals surface area contributed by atoms with Gasteiger partial charge in [0, 0.05) is 15.5 Å². The van der Waals surface area contributed by atoms with Gasteiger partial charge in [0.05, 0.1) is 10.7 Å². The van der Waals surface area contributed by atoms with Gasteiger partial charge in [0.15, 0.2) is 0 Å². The minimum atomic E-state index is 0.745. The van der Waals surface area contributed by atoms with Crippen LogP contribution in [0.25, 0.3) is 0 Å². The van der Waals surface area contributed by atoms with Gasteiger partial charge in [0.25, 0.3) is 0 Å². The van der Waals surface area contributed by atoms with Crippen LogP contribution in [0.2, 0.25) is 5.02 Å². The highest BCUT2D eigenvalue weighted by molar-refractivity contribution is 9.13. The predicted molar refractivity (Wildman–Crippen MR) is 85.4 cm³/mol. The molecular weight excluding hydrogens is 377 g/mol. The third kappa shape index (κ3) is 3.50. The van der Waals surface area contributed by atoms with E-state index in [-0.39, 0.29) is 0 Å². The van der Waals surface area contributed by atoms with Crippen molar-refractivity contribution in [3.8, 4) is 0 Å². The second kappa shape index (κ2) is 6.09. The van der Waals surface area contributed by atoms with Crippen molar-refractivity contribution in [2.45, 2.75) is 13.5 Å². The molecule has 0 saturated carbocycles. The summed E-state index contributed by atoms with van der Waals surface area (Å²) < 4.78 is 2.11. The van der Waals surface area contributed by atoms with Gasteiger partial charge in [-0.05, 0) is 74.2 Å². The van der Waals surface area contributed by atoms with Crippen LogP contribution < -0.4 is 5.32 Å². The Morgan fingerprint density at radius 1 is 1.06 bits per heavy atom. The van der Waals surface area contributed by atoms with Crippen LogP contribution in [-0.4, -0.2) is 0 Å². The maximum atomic E-state index is 6.14. The van der Waals surface area contributed by atoms with Crippen molar-refractivity contribution in [2.75, 3.05) is 5.32 Å². The summed E-state index contributed by atoms with van der Waals surface area (Å²) in [5.41, 5.74) is 3.36. The first kappa shape index (κ1) is 13.9. The summed E-state index contributed by atoms with van der Waals surface area (Å²) in [5, 5.41) is 4.10. The molecule has 0 aliphatic carbocycles. The van der Waals surface area contributed by atoms with Crippen LogP contribution in [-0.2, 0) is 6.54 Å². The quantitative estimate of drug-likeness (QED) is 0.701. The number of halogens is 3. The van der Waals surface area contributed by atoms with Crippen molar-refractivity contribution < 1.29 is 0 Å². The van der Waals surface area contributed by atoms with Crippen molar-refractivity contribution in [2.24, 2.45) is 0 Å². The summed E-state index contributed by atoms with van der Waals surface area (Å²) in [6.45, 7) is 2.80. The van der Waals surface area contributed by atoms with E-state index in [1.807, 2.05) is 18.2 Å². The molecule has 0 fully saturated rings. The molecule has 0 saturated heterocycles. The summed E-state index contributed by atoms with van der Waals surface area (Å²) in [5.74, 6) is 0. The van der Waals surface area contributed by atoms with Gasteiger partial charge < -0.3 is 5.32 Å². The number of aryl methyl sites for hydroxylation is 1. The summed E-state index contributed by atoms with van der Waals surface area (Å²) in [7, 11) is 0. The van der Waals surface area contributed by atoms with E-state index in [0.29, 0.717) is 0 Å². The van der Waals surface area contributed by atoms with E-state index in [9.17, 15) is 0 Å². The standard InChI is InChI=1S/C14H12Br2ClN/c1-9-2-5-13(17)14(6-9)18-8-10-3-4-11(15)12(16)7-10/h2-7,18H,8H2,1H3. The molecular formula is C14H12Br2ClN. The number of nitrogens with one attached hydrogen (secondary N) is 1. The van der Waals surface area contributed by atoms with Gasteiger partial charge in [-0.1, -0.05) is 23.7 Å². The average molecular weight is 390 g/mol. The minimum absolute atomic E-state index is 0.745. The van der Waals surface area contributed by atoms with Crippen molar-refractivity contribution >= 4 is 49.1 Å². The highest BCUT2D eigenvalue weighted by Gasteiger charge is 2.02. The minimum Gasteiger partial charge on any atom is -0.380 e. The number of hydrogen-bond donors (Lipinski definition) is 1. The number of anilines is 1. The molecule has 0 spiro atoms. The molecule has 0 radical (unpaired) electrons. The zero-order chi connectivity index (χ0) is 13.1. The van der Waals surface area contributed by atoms with E-state index in [1.54, 1.807) is 0 Å². The first-order valence-corrected chi connectivity index (χ1v) is 7.46. The van der Waals surface area contributed by atoms with E-state index >= 15 is 0 Å². The lowest BCUT2D eigenvalue weighted by atomic mass is 10.2. The topological polar surface area (TPSA) is 12.0 Å². The Labute approximate surface area is 129 Å². The molecule has 94 valence electrons. The molecule has 0 aliphatic rings. The van der Waals surface area contributed by atoms with Crippen LogP contribution >= 0.6 is 43.5 Å². The first-order chi connectivity index (χ1) is 8.56. The molecule has 0 aliphatic heterocycles. The Kier molecular flexibility index (Phi) is 4.71. The van der Waals surface area contributed by atoms with Crippen LogP contribution in [0, 0.1) is 6.92 Å². The number of hydrogen-bond acceptors (Lipinski definition) is 1. The molecule has 2 rings (SSSR count). The zero-order valence-electron chi connectivity index (χ0n) is 9.81. The number of rotatable bonds is 3. The van der Waals surface area contributed by atoms with Crippen LogP contribution in [0.15, 0.2) is 45.3 Å². The van der Waals surface area contributed by atoms with E-state index in [1.165, 1.54) is 11.1 Å². The van der Waals surface area contributed by atoms with Gasteiger partial charge in [-0.2, -0.15) is 0 Å². The van der Waals surface area contributed by atoms with E-state index in [2.05, 4.69) is 62.3 Å². The van der Waals surface area contributed by atoms with Crippen LogP contribution in [0.4, 0.5) is 5.69 Å². The molecule has 2 aromatic carbocycles. The van der Waals surface area contributed by atoms with E-state index in [0.717, 1.165) is 26.2 Å². The highest BCUT2D eigenvalue weighted by Crippen LogP contribution is 2.26. The lowest BCUT2D eigenvalue weighted by molar-refractivity contribution is 1.14. The zero-order valence-corrected chi connectivity index (χ0v) is 13.7. The lowest BCUT2D eigenvalue weighted by Gasteiger charge is -2.10. The fourth-order valence-corrected chi connectivity index (χ4v) is 2.48. The summed E-state index contributed by atoms with van der Waals surface area (Å²) >= 11 is 13.1. The van der Waals surface area contributed by atoms with E-state index in [4.69, 9.17) is 11.6 Å². The summed E-state index contributed by atoms with van der Waals surface area (Å²) in [6.07, 6.45) is 0. The SMILES string of the molecule is Cc1ccc(Cl)c(NCc2ccc(Br)c(Br)c2)c1. The van der Waals surface area contributed by atoms with Gasteiger partial charge in [0.1, 0.15) is 0 Å². The molecule has 0 amide bonds. The fourth-order valence-electron chi connectivity index (χ4n) is 1.62. The molecule has 1 nitrogen and oxygen atoms in total. The van der Waals surface area contributed by atoms with Crippen LogP contribution in [0.3, 0.4) is 0 Å². The van der Waals surface area contributed by atoms with Gasteiger partial charge in [-0.25, -0.2) is 0 Å². The molecule has 2 aromatic rings. The summed E-state index contributed by atoms with van der Waals surface area (Å²) in [4.78, 5) is 0. The maximum absolute atomic E-state index is 6.14. The molecule has 18 heavy (non-hydrogen) atoms. The van der Waals surface area contributed by atoms with Gasteiger partial charge in [-0.15, -0.1) is 0 Å². The smallest absolute Gasteiger partial charge is 0.0637 e. The Hall–Kier alpha value is -0.510. The largest absolute Gasteiger partial charge is 0.380 e. The second-order valence-electron chi connectivity index (χ2n) is 4.09. The van der Waals surface area contributed by atoms with Crippen molar-refractivity contribution in [1.82, 2.24) is 0 Å². The van der Waals surface area contributed by atoms with Crippen molar-refractivity contribution in [3.05, 3.63) is 61.5 Å². The Morgan fingerprint density at radius 3 is 2.56 bits per heavy atom. The molecule has 1 N–H and O–H groups in total. The summed E-state index contributed by atoms with van der Waals surface area (Å²) in [6, 6.07) is 12.2. The molecule has 0 aromatic heterocycles. The molecule has 4 heteroatoms. The second-order valence-corrected chi connectivity index (χ2v) is 6.20. The normalized spacial score (nSPS) is 10.4. The van der Waals surface area contributed by atoms with Crippen molar-refractivity contribution in [3.63, 3.8) is 0 Å². The van der Waals surface area contributed by atoms with E-state index < -0.39 is 0 Å². The third-order valence-corrected chi connectivity index (χ3v) is 4.80. The average Bonchev–Trinajstić information content (AvgIpc) is 2.34. The molecule has 0 bridgehead atoms. The Balaban J connectivity index is 2.11. The predicted octanol–water partition coefficient (Wildman–Crippen LogP) is 5.79. The first-order valence-electron chi connectivity index (χ1n) is 5.50. The van der Waals surface area contributed by atoms with Gasteiger partial charge in [-0.3, -0.25) is 0 Å². The molecule has 0 atom stereocenters. The van der Waals surface area contributed by atoms with Crippen LogP contribution in [0.1, 0.15) is 11.1 Å². The fraction of sp³-hybridized carbons (Fsp3) is 0.143. The third-order valence-electron chi connectivity index (χ3n) is 2.59. The highest BCUT2D eigenvalue weighted by atomic mass is 79.9. The number of benzene rings is 2. The van der Waals surface area contributed by atoms with Gasteiger partial charge >= 0.3 is 0 Å². The lowest BCUT2D eigenvalue weighted by Crippen LogP contribution is -2.00. The maximum Gasteiger partial charge on any atom is 0.0637 e. The van der Waals surface area contributed by atoms with Gasteiger partial charge in [0.2, 0.25) is 0 Å². The molecule has 0 heterocycles. The monoisotopic (exact) mass is 387 g/mol. The van der Waals surface area contributed by atoms with Crippen molar-refractivity contribution in [1.29, 1.82) is 0 Å². The van der Waals surface area contributed by atoms with Crippen LogP contribution in [0.5, 0.6) is 0 Å². The molecule has 0 unspecified atom stereocenters. The Bertz CT molecular complexity index is 570. The Morgan fingerprint density at radius 2 is 1.83 bits per heavy atom.